The predicted octanol–water partition coefficient (Wildman–Crippen LogP) is 5.11. The van der Waals surface area contributed by atoms with Crippen molar-refractivity contribution in [3.8, 4) is 5.75 Å². The molecule has 3 aromatic rings. The molecule has 1 N–H and O–H groups in total. The molecule has 0 spiro atoms. The third kappa shape index (κ3) is 5.08. The summed E-state index contributed by atoms with van der Waals surface area (Å²) in [5.41, 5.74) is 3.87. The highest BCUT2D eigenvalue weighted by Gasteiger charge is 2.13. The number of halogens is 1. The smallest absolute Gasteiger partial charge is 0.287 e. The Morgan fingerprint density at radius 3 is 2.50 bits per heavy atom. The second kappa shape index (κ2) is 8.70. The third-order valence-electron chi connectivity index (χ3n) is 4.09. The Kier molecular flexibility index (Phi) is 6.31. The van der Waals surface area contributed by atoms with E-state index < -0.39 is 0 Å². The third-order valence-corrected chi connectivity index (χ3v) is 4.84. The van der Waals surface area contributed by atoms with Crippen molar-refractivity contribution >= 4 is 39.7 Å². The first-order valence-electron chi connectivity index (χ1n) is 8.64. The number of hydrogen-bond acceptors (Lipinski definition) is 5. The Bertz CT molecular complexity index is 1030. The molecule has 28 heavy (non-hydrogen) atoms. The van der Waals surface area contributed by atoms with Gasteiger partial charge in [0, 0.05) is 10.2 Å². The molecule has 1 amide bonds. The van der Waals surface area contributed by atoms with Gasteiger partial charge in [-0.15, -0.1) is 5.10 Å². The van der Waals surface area contributed by atoms with Gasteiger partial charge in [-0.05, 0) is 68.4 Å². The van der Waals surface area contributed by atoms with E-state index in [1.807, 2.05) is 57.2 Å². The highest BCUT2D eigenvalue weighted by Crippen LogP contribution is 2.25. The second-order valence-corrected chi connectivity index (χ2v) is 7.75. The highest BCUT2D eigenvalue weighted by molar-refractivity contribution is 9.10. The molecule has 1 aromatic heterocycles. The molecule has 1 heterocycles. The van der Waals surface area contributed by atoms with Crippen LogP contribution >= 0.6 is 28.1 Å². The average Bonchev–Trinajstić information content (AvgIpc) is 2.97. The molecule has 0 aliphatic carbocycles. The molecule has 8 heteroatoms. The Hall–Kier alpha value is -2.45. The topological polar surface area (TPSA) is 69.3 Å². The molecule has 0 atom stereocenters. The summed E-state index contributed by atoms with van der Waals surface area (Å²) in [6.45, 7) is 5.98. The number of aryl methyl sites for hydroxylation is 3. The Morgan fingerprint density at radius 2 is 1.86 bits per heavy atom. The standard InChI is InChI=1S/C20H20BrN3O3S/c1-12-4-6-16(7-5-12)26-11-18-23-24(20(28)27-18)10-17(25)22-19-13(2)8-15(21)9-14(19)3/h4-9H,10-11H2,1-3H3,(H,22,25). The Balaban J connectivity index is 1.64. The number of rotatable bonds is 6. The van der Waals surface area contributed by atoms with Gasteiger partial charge >= 0.3 is 0 Å². The van der Waals surface area contributed by atoms with Crippen LogP contribution < -0.4 is 10.1 Å². The van der Waals surface area contributed by atoms with E-state index in [-0.39, 0.29) is 23.9 Å². The summed E-state index contributed by atoms with van der Waals surface area (Å²) in [7, 11) is 0. The van der Waals surface area contributed by atoms with Gasteiger partial charge in [0.15, 0.2) is 6.61 Å². The maximum Gasteiger partial charge on any atom is 0.287 e. The number of nitrogens with one attached hydrogen (secondary N) is 1. The van der Waals surface area contributed by atoms with Gasteiger partial charge < -0.3 is 14.5 Å². The SMILES string of the molecule is Cc1ccc(OCc2nn(CC(=O)Nc3c(C)cc(Br)cc3C)c(=S)o2)cc1. The van der Waals surface area contributed by atoms with Crippen molar-refractivity contribution in [2.24, 2.45) is 0 Å². The quantitative estimate of drug-likeness (QED) is 0.516. The summed E-state index contributed by atoms with van der Waals surface area (Å²) in [6, 6.07) is 11.6. The van der Waals surface area contributed by atoms with Gasteiger partial charge in [-0.1, -0.05) is 33.6 Å². The van der Waals surface area contributed by atoms with Gasteiger partial charge in [0.05, 0.1) is 0 Å². The maximum absolute atomic E-state index is 12.4. The van der Waals surface area contributed by atoms with Crippen molar-refractivity contribution in [3.05, 3.63) is 68.3 Å². The summed E-state index contributed by atoms with van der Waals surface area (Å²) < 4.78 is 13.4. The molecule has 0 aliphatic heterocycles. The first-order chi connectivity index (χ1) is 13.3. The van der Waals surface area contributed by atoms with Gasteiger partial charge in [0.2, 0.25) is 5.91 Å². The number of nitrogens with zero attached hydrogens (tertiary/aromatic N) is 2. The molecule has 0 radical (unpaired) electrons. The second-order valence-electron chi connectivity index (χ2n) is 6.48. The zero-order chi connectivity index (χ0) is 20.3. The number of amides is 1. The van der Waals surface area contributed by atoms with Crippen LogP contribution in [0.25, 0.3) is 0 Å². The molecule has 0 saturated carbocycles. The van der Waals surface area contributed by atoms with E-state index in [2.05, 4.69) is 26.3 Å². The lowest BCUT2D eigenvalue weighted by Crippen LogP contribution is -2.20. The maximum atomic E-state index is 12.4. The van der Waals surface area contributed by atoms with Crippen LogP contribution in [0, 0.1) is 25.6 Å². The van der Waals surface area contributed by atoms with Crippen molar-refractivity contribution in [1.82, 2.24) is 9.78 Å². The van der Waals surface area contributed by atoms with Crippen LogP contribution in [0.2, 0.25) is 0 Å². The van der Waals surface area contributed by atoms with E-state index in [9.17, 15) is 4.79 Å². The molecule has 146 valence electrons. The summed E-state index contributed by atoms with van der Waals surface area (Å²) in [5, 5.41) is 7.15. The predicted molar refractivity (Wildman–Crippen MR) is 113 cm³/mol. The van der Waals surface area contributed by atoms with E-state index in [1.165, 1.54) is 4.68 Å². The molecule has 0 bridgehead atoms. The highest BCUT2D eigenvalue weighted by atomic mass is 79.9. The molecule has 0 fully saturated rings. The summed E-state index contributed by atoms with van der Waals surface area (Å²) in [6.07, 6.45) is 0. The Morgan fingerprint density at radius 1 is 1.21 bits per heavy atom. The zero-order valence-electron chi connectivity index (χ0n) is 15.8. The van der Waals surface area contributed by atoms with Gasteiger partial charge in [0.1, 0.15) is 12.3 Å². The van der Waals surface area contributed by atoms with E-state index in [1.54, 1.807) is 0 Å². The zero-order valence-corrected chi connectivity index (χ0v) is 18.2. The van der Waals surface area contributed by atoms with Crippen LogP contribution in [-0.2, 0) is 17.9 Å². The number of ether oxygens (including phenoxy) is 1. The number of carbonyl (C=O) groups excluding carboxylic acids is 1. The van der Waals surface area contributed by atoms with Gasteiger partial charge in [-0.25, -0.2) is 4.68 Å². The van der Waals surface area contributed by atoms with Crippen molar-refractivity contribution in [3.63, 3.8) is 0 Å². The van der Waals surface area contributed by atoms with E-state index >= 15 is 0 Å². The monoisotopic (exact) mass is 461 g/mol. The fourth-order valence-corrected chi connectivity index (χ4v) is 3.60. The number of anilines is 1. The first-order valence-corrected chi connectivity index (χ1v) is 9.85. The number of hydrogen-bond donors (Lipinski definition) is 1. The lowest BCUT2D eigenvalue weighted by atomic mass is 10.1. The largest absolute Gasteiger partial charge is 0.484 e. The lowest BCUT2D eigenvalue weighted by Gasteiger charge is -2.12. The van der Waals surface area contributed by atoms with Crippen molar-refractivity contribution in [2.45, 2.75) is 33.9 Å². The molecule has 0 aliphatic rings. The van der Waals surface area contributed by atoms with Crippen LogP contribution in [-0.4, -0.2) is 15.7 Å². The van der Waals surface area contributed by atoms with Crippen LogP contribution in [0.4, 0.5) is 5.69 Å². The molecule has 3 rings (SSSR count). The lowest BCUT2D eigenvalue weighted by molar-refractivity contribution is -0.117. The van der Waals surface area contributed by atoms with Gasteiger partial charge in [0.25, 0.3) is 10.7 Å². The summed E-state index contributed by atoms with van der Waals surface area (Å²) >= 11 is 8.61. The number of carbonyl (C=O) groups is 1. The fraction of sp³-hybridized carbons (Fsp3) is 0.250. The molecule has 6 nitrogen and oxygen atoms in total. The van der Waals surface area contributed by atoms with Gasteiger partial charge in [-0.3, -0.25) is 4.79 Å². The Labute approximate surface area is 176 Å². The molecule has 0 unspecified atom stereocenters. The summed E-state index contributed by atoms with van der Waals surface area (Å²) in [5.74, 6) is 0.790. The minimum Gasteiger partial charge on any atom is -0.484 e. The first kappa shape index (κ1) is 20.3. The average molecular weight is 462 g/mol. The molecular formula is C20H20BrN3O3S. The molecular weight excluding hydrogens is 442 g/mol. The molecule has 0 saturated heterocycles. The van der Waals surface area contributed by atoms with Crippen LogP contribution in [0.5, 0.6) is 5.75 Å². The summed E-state index contributed by atoms with van der Waals surface area (Å²) in [4.78, 5) is 12.6. The number of benzene rings is 2. The minimum atomic E-state index is -0.232. The minimum absolute atomic E-state index is 0.0399. The van der Waals surface area contributed by atoms with E-state index in [4.69, 9.17) is 21.4 Å². The van der Waals surface area contributed by atoms with Crippen LogP contribution in [0.15, 0.2) is 45.3 Å². The number of aromatic nitrogens is 2. The van der Waals surface area contributed by atoms with Crippen molar-refractivity contribution in [2.75, 3.05) is 5.32 Å². The van der Waals surface area contributed by atoms with E-state index in [0.29, 0.717) is 11.6 Å². The van der Waals surface area contributed by atoms with Crippen molar-refractivity contribution < 1.29 is 13.9 Å². The normalized spacial score (nSPS) is 10.7. The van der Waals surface area contributed by atoms with Gasteiger partial charge in [-0.2, -0.15) is 0 Å². The van der Waals surface area contributed by atoms with E-state index in [0.717, 1.165) is 26.9 Å². The van der Waals surface area contributed by atoms with Crippen LogP contribution in [0.3, 0.4) is 0 Å². The molecule has 2 aromatic carbocycles. The van der Waals surface area contributed by atoms with Crippen LogP contribution in [0.1, 0.15) is 22.6 Å². The van der Waals surface area contributed by atoms with Crippen molar-refractivity contribution in [1.29, 1.82) is 0 Å². The fourth-order valence-electron chi connectivity index (χ4n) is 2.71.